The summed E-state index contributed by atoms with van der Waals surface area (Å²) in [5.74, 6) is -1.73. The van der Waals surface area contributed by atoms with Crippen molar-refractivity contribution < 1.29 is 23.9 Å². The third-order valence-electron chi connectivity index (χ3n) is 4.42. The molecule has 170 valence electrons. The van der Waals surface area contributed by atoms with E-state index in [1.165, 1.54) is 18.2 Å². The first kappa shape index (κ1) is 24.3. The van der Waals surface area contributed by atoms with Crippen molar-refractivity contribution in [2.24, 2.45) is 0 Å². The highest BCUT2D eigenvalue weighted by atomic mass is 35.5. The number of imide groups is 1. The third kappa shape index (κ3) is 6.57. The second kappa shape index (κ2) is 11.5. The van der Waals surface area contributed by atoms with Gasteiger partial charge in [-0.25, -0.2) is 4.79 Å². The van der Waals surface area contributed by atoms with Crippen LogP contribution in [-0.2, 0) is 14.3 Å². The Labute approximate surface area is 200 Å². The van der Waals surface area contributed by atoms with Crippen molar-refractivity contribution >= 4 is 58.1 Å². The van der Waals surface area contributed by atoms with Crippen molar-refractivity contribution in [1.29, 1.82) is 0 Å². The molecule has 9 heteroatoms. The van der Waals surface area contributed by atoms with Gasteiger partial charge in [-0.3, -0.25) is 19.3 Å². The molecule has 0 saturated carbocycles. The zero-order chi connectivity index (χ0) is 23.8. The smallest absolute Gasteiger partial charge is 0.339 e. The molecule has 1 N–H and O–H groups in total. The van der Waals surface area contributed by atoms with Gasteiger partial charge in [0, 0.05) is 5.69 Å². The molecular formula is C24H21ClN2O5S. The molecule has 2 aromatic rings. The van der Waals surface area contributed by atoms with Crippen molar-refractivity contribution in [2.75, 3.05) is 18.5 Å². The molecular weight excluding hydrogens is 464 g/mol. The number of ether oxygens (including phenoxy) is 1. The lowest BCUT2D eigenvalue weighted by Crippen LogP contribution is -2.36. The van der Waals surface area contributed by atoms with Gasteiger partial charge >= 0.3 is 5.97 Å². The van der Waals surface area contributed by atoms with Crippen molar-refractivity contribution in [2.45, 2.75) is 13.3 Å². The Morgan fingerprint density at radius 2 is 1.91 bits per heavy atom. The number of nitrogens with zero attached hydrogens (tertiary/aromatic N) is 1. The number of rotatable bonds is 8. The summed E-state index contributed by atoms with van der Waals surface area (Å²) in [6, 6.07) is 13.9. The largest absolute Gasteiger partial charge is 0.462 e. The minimum absolute atomic E-state index is 0.113. The predicted octanol–water partition coefficient (Wildman–Crippen LogP) is 5.14. The number of nitrogens with one attached hydrogen (secondary N) is 1. The first-order valence-corrected chi connectivity index (χ1v) is 11.3. The average Bonchev–Trinajstić information content (AvgIpc) is 3.07. The summed E-state index contributed by atoms with van der Waals surface area (Å²) in [6.45, 7) is 1.66. The number of hydrogen-bond donors (Lipinski definition) is 1. The molecule has 0 radical (unpaired) electrons. The summed E-state index contributed by atoms with van der Waals surface area (Å²) < 4.78 is 5.08. The topological polar surface area (TPSA) is 92.8 Å². The van der Waals surface area contributed by atoms with Crippen molar-refractivity contribution in [3.8, 4) is 0 Å². The van der Waals surface area contributed by atoms with Gasteiger partial charge in [-0.1, -0.05) is 61.0 Å². The molecule has 3 amide bonds. The van der Waals surface area contributed by atoms with Crippen LogP contribution in [0.5, 0.6) is 0 Å². The molecule has 3 rings (SSSR count). The molecule has 0 aliphatic carbocycles. The number of halogens is 1. The fourth-order valence-electron chi connectivity index (χ4n) is 2.84. The second-order valence-electron chi connectivity index (χ2n) is 6.94. The normalized spacial score (nSPS) is 14.8. The summed E-state index contributed by atoms with van der Waals surface area (Å²) in [7, 11) is 0. The van der Waals surface area contributed by atoms with Crippen molar-refractivity contribution in [3.05, 3.63) is 81.7 Å². The van der Waals surface area contributed by atoms with Gasteiger partial charge in [-0.15, -0.1) is 0 Å². The molecule has 1 saturated heterocycles. The lowest BCUT2D eigenvalue weighted by molar-refractivity contribution is -0.127. The van der Waals surface area contributed by atoms with Crippen LogP contribution in [0.2, 0.25) is 5.02 Å². The maximum Gasteiger partial charge on any atom is 0.339 e. The maximum absolute atomic E-state index is 12.6. The Hall–Kier alpha value is -3.36. The van der Waals surface area contributed by atoms with Crippen LogP contribution in [0.25, 0.3) is 6.08 Å². The van der Waals surface area contributed by atoms with E-state index < -0.39 is 29.6 Å². The van der Waals surface area contributed by atoms with Gasteiger partial charge in [0.15, 0.2) is 0 Å². The summed E-state index contributed by atoms with van der Waals surface area (Å²) in [6.07, 6.45) is 5.70. The third-order valence-corrected chi connectivity index (χ3v) is 5.67. The number of benzene rings is 2. The van der Waals surface area contributed by atoms with Gasteiger partial charge in [0.2, 0.25) is 5.91 Å². The number of amides is 3. The zero-order valence-electron chi connectivity index (χ0n) is 17.7. The first-order chi connectivity index (χ1) is 15.9. The van der Waals surface area contributed by atoms with Crippen LogP contribution in [0.3, 0.4) is 0 Å². The number of anilines is 1. The van der Waals surface area contributed by atoms with Crippen LogP contribution in [0.1, 0.15) is 29.3 Å². The predicted molar refractivity (Wildman–Crippen MR) is 129 cm³/mol. The van der Waals surface area contributed by atoms with Crippen LogP contribution >= 0.6 is 23.4 Å². The van der Waals surface area contributed by atoms with E-state index in [0.29, 0.717) is 12.1 Å². The minimum atomic E-state index is -0.599. The highest BCUT2D eigenvalue weighted by molar-refractivity contribution is 8.18. The Morgan fingerprint density at radius 3 is 2.64 bits per heavy atom. The molecule has 2 aromatic carbocycles. The summed E-state index contributed by atoms with van der Waals surface area (Å²) in [4.78, 5) is 50.5. The van der Waals surface area contributed by atoms with E-state index in [2.05, 4.69) is 5.32 Å². The molecule has 33 heavy (non-hydrogen) atoms. The second-order valence-corrected chi connectivity index (χ2v) is 8.34. The van der Waals surface area contributed by atoms with Gasteiger partial charge in [-0.2, -0.15) is 0 Å². The van der Waals surface area contributed by atoms with Crippen molar-refractivity contribution in [1.82, 2.24) is 4.90 Å². The Morgan fingerprint density at radius 1 is 1.15 bits per heavy atom. The molecule has 0 atom stereocenters. The van der Waals surface area contributed by atoms with E-state index in [1.54, 1.807) is 12.2 Å². The molecule has 1 aliphatic rings. The SMILES string of the molecule is CCCOC(=O)c1cc(NC(=O)CN2C(=O)S/C(=C/C=C/c3ccccc3)C2=O)ccc1Cl. The summed E-state index contributed by atoms with van der Waals surface area (Å²) in [5.41, 5.74) is 1.36. The molecule has 0 aromatic heterocycles. The number of esters is 1. The molecule has 1 heterocycles. The number of carbonyl (C=O) groups excluding carboxylic acids is 4. The summed E-state index contributed by atoms with van der Waals surface area (Å²) >= 11 is 6.82. The quantitative estimate of drug-likeness (QED) is 0.412. The number of carbonyl (C=O) groups is 4. The Balaban J connectivity index is 1.63. The maximum atomic E-state index is 12.6. The van der Waals surface area contributed by atoms with Crippen LogP contribution in [0.4, 0.5) is 10.5 Å². The average molecular weight is 485 g/mol. The van der Waals surface area contributed by atoms with Crippen LogP contribution in [0.15, 0.2) is 65.6 Å². The Kier molecular flexibility index (Phi) is 8.46. The first-order valence-electron chi connectivity index (χ1n) is 10.1. The van der Waals surface area contributed by atoms with E-state index in [9.17, 15) is 19.2 Å². The molecule has 1 aliphatic heterocycles. The van der Waals surface area contributed by atoms with E-state index in [-0.39, 0.29) is 22.1 Å². The van der Waals surface area contributed by atoms with E-state index in [4.69, 9.17) is 16.3 Å². The molecule has 1 fully saturated rings. The van der Waals surface area contributed by atoms with Gasteiger partial charge in [0.1, 0.15) is 6.54 Å². The van der Waals surface area contributed by atoms with Gasteiger partial charge in [0.25, 0.3) is 11.1 Å². The Bertz CT molecular complexity index is 1130. The fraction of sp³-hybridized carbons (Fsp3) is 0.167. The lowest BCUT2D eigenvalue weighted by Gasteiger charge is -2.13. The van der Waals surface area contributed by atoms with Gasteiger partial charge in [0.05, 0.1) is 22.1 Å². The fourth-order valence-corrected chi connectivity index (χ4v) is 3.82. The minimum Gasteiger partial charge on any atom is -0.462 e. The monoisotopic (exact) mass is 484 g/mol. The van der Waals surface area contributed by atoms with Crippen LogP contribution in [-0.4, -0.2) is 41.1 Å². The van der Waals surface area contributed by atoms with Gasteiger partial charge in [-0.05, 0) is 48.0 Å². The summed E-state index contributed by atoms with van der Waals surface area (Å²) in [5, 5.41) is 2.23. The highest BCUT2D eigenvalue weighted by Gasteiger charge is 2.36. The molecule has 0 bridgehead atoms. The van der Waals surface area contributed by atoms with Crippen molar-refractivity contribution in [3.63, 3.8) is 0 Å². The standard InChI is InChI=1S/C24H21ClN2O5S/c1-2-13-32-23(30)18-14-17(11-12-19(18)25)26-21(28)15-27-22(29)20(33-24(27)31)10-6-9-16-7-4-3-5-8-16/h3-12,14H,2,13,15H2,1H3,(H,26,28)/b9-6+,20-10+. The van der Waals surface area contributed by atoms with Crippen LogP contribution < -0.4 is 5.32 Å². The van der Waals surface area contributed by atoms with E-state index >= 15 is 0 Å². The lowest BCUT2D eigenvalue weighted by atomic mass is 10.2. The number of hydrogen-bond acceptors (Lipinski definition) is 6. The number of allylic oxidation sites excluding steroid dienone is 2. The molecule has 0 spiro atoms. The van der Waals surface area contributed by atoms with E-state index in [1.807, 2.05) is 43.3 Å². The van der Waals surface area contributed by atoms with E-state index in [0.717, 1.165) is 22.2 Å². The van der Waals surface area contributed by atoms with Crippen LogP contribution in [0, 0.1) is 0 Å². The highest BCUT2D eigenvalue weighted by Crippen LogP contribution is 2.30. The zero-order valence-corrected chi connectivity index (χ0v) is 19.3. The molecule has 7 nitrogen and oxygen atoms in total. The van der Waals surface area contributed by atoms with Gasteiger partial charge < -0.3 is 10.1 Å². The number of thioether (sulfide) groups is 1. The molecule has 0 unspecified atom stereocenters.